The fourth-order valence-electron chi connectivity index (χ4n) is 0.751. The van der Waals surface area contributed by atoms with Gasteiger partial charge in [-0.05, 0) is 17.3 Å². The van der Waals surface area contributed by atoms with E-state index < -0.39 is 10.0 Å². The summed E-state index contributed by atoms with van der Waals surface area (Å²) in [7, 11) is -3.21. The first-order valence-electron chi connectivity index (χ1n) is 3.62. The third-order valence-corrected chi connectivity index (χ3v) is 2.93. The van der Waals surface area contributed by atoms with Crippen molar-refractivity contribution in [2.24, 2.45) is 5.14 Å². The first kappa shape index (κ1) is 11.6. The molecule has 11 heavy (non-hydrogen) atoms. The van der Waals surface area contributed by atoms with Crippen molar-refractivity contribution >= 4 is 32.6 Å². The van der Waals surface area contributed by atoms with Gasteiger partial charge < -0.3 is 0 Å². The second-order valence-corrected chi connectivity index (χ2v) is 5.28. The van der Waals surface area contributed by atoms with E-state index in [1.807, 2.05) is 0 Å². The Morgan fingerprint density at radius 2 is 1.64 bits per heavy atom. The maximum absolute atomic E-state index is 10.4. The molecule has 0 amide bonds. The lowest BCUT2D eigenvalue weighted by Crippen LogP contribution is -2.16. The molecule has 0 saturated heterocycles. The average Bonchev–Trinajstić information content (AvgIpc) is 1.85. The summed E-state index contributed by atoms with van der Waals surface area (Å²) in [4.78, 5) is 0. The number of halogens is 1. The summed E-state index contributed by atoms with van der Waals surface area (Å²) in [5.74, 6) is 0.133. The Morgan fingerprint density at radius 1 is 1.09 bits per heavy atom. The van der Waals surface area contributed by atoms with Crippen LogP contribution in [-0.2, 0) is 10.0 Å². The lowest BCUT2D eigenvalue weighted by Gasteiger charge is -1.97. The zero-order valence-corrected chi connectivity index (χ0v) is 9.40. The molecule has 0 spiro atoms. The van der Waals surface area contributed by atoms with Crippen molar-refractivity contribution < 1.29 is 8.42 Å². The number of hydrogen-bond acceptors (Lipinski definition) is 2. The van der Waals surface area contributed by atoms with E-state index in [2.05, 4.69) is 22.6 Å². The molecule has 0 bridgehead atoms. The number of sulfonamides is 1. The molecule has 0 heterocycles. The van der Waals surface area contributed by atoms with Crippen molar-refractivity contribution in [1.29, 1.82) is 0 Å². The molecule has 0 saturated carbocycles. The quantitative estimate of drug-likeness (QED) is 0.455. The molecule has 0 aromatic rings. The second kappa shape index (κ2) is 6.19. The number of alkyl halides is 1. The van der Waals surface area contributed by atoms with Crippen LogP contribution in [0.2, 0.25) is 0 Å². The van der Waals surface area contributed by atoms with Gasteiger partial charge in [0.15, 0.2) is 0 Å². The minimum absolute atomic E-state index is 0.133. The molecule has 5 heteroatoms. The Bertz CT molecular complexity index is 179. The number of unbranched alkanes of at least 4 members (excludes halogenated alkanes) is 3. The smallest absolute Gasteiger partial charge is 0.209 e. The average molecular weight is 291 g/mol. The highest BCUT2D eigenvalue weighted by Crippen LogP contribution is 2.02. The van der Waals surface area contributed by atoms with Crippen LogP contribution >= 0.6 is 22.6 Å². The van der Waals surface area contributed by atoms with Crippen LogP contribution in [-0.4, -0.2) is 18.6 Å². The number of nitrogens with two attached hydrogens (primary N) is 1. The second-order valence-electron chi connectivity index (χ2n) is 2.47. The number of rotatable bonds is 6. The molecule has 3 nitrogen and oxygen atoms in total. The molecule has 2 N–H and O–H groups in total. The third kappa shape index (κ3) is 10.6. The van der Waals surface area contributed by atoms with Gasteiger partial charge in [0.1, 0.15) is 0 Å². The highest BCUT2D eigenvalue weighted by atomic mass is 127. The predicted molar refractivity (Wildman–Crippen MR) is 55.3 cm³/mol. The molecule has 0 rings (SSSR count). The summed E-state index contributed by atoms with van der Waals surface area (Å²) in [6, 6.07) is 0. The summed E-state index contributed by atoms with van der Waals surface area (Å²) in [6.45, 7) is 0. The SMILES string of the molecule is NS(=O)(=O)CCCCCCI. The lowest BCUT2D eigenvalue weighted by molar-refractivity contribution is 0.591. The summed E-state index contributed by atoms with van der Waals surface area (Å²) in [5, 5.41) is 4.82. The van der Waals surface area contributed by atoms with Crippen molar-refractivity contribution in [1.82, 2.24) is 0 Å². The van der Waals surface area contributed by atoms with Gasteiger partial charge in [-0.1, -0.05) is 35.4 Å². The van der Waals surface area contributed by atoms with E-state index >= 15 is 0 Å². The van der Waals surface area contributed by atoms with Crippen molar-refractivity contribution in [2.75, 3.05) is 10.2 Å². The van der Waals surface area contributed by atoms with Gasteiger partial charge in [-0.3, -0.25) is 0 Å². The van der Waals surface area contributed by atoms with Gasteiger partial charge in [0.05, 0.1) is 5.75 Å². The number of primary sulfonamides is 1. The molecule has 0 radical (unpaired) electrons. The molecule has 0 aliphatic carbocycles. The first-order chi connectivity index (χ1) is 5.06. The zero-order valence-electron chi connectivity index (χ0n) is 6.42. The topological polar surface area (TPSA) is 60.2 Å². The van der Waals surface area contributed by atoms with E-state index in [0.29, 0.717) is 6.42 Å². The third-order valence-electron chi connectivity index (χ3n) is 1.31. The normalized spacial score (nSPS) is 11.8. The fourth-order valence-corrected chi connectivity index (χ4v) is 1.90. The molecule has 68 valence electrons. The van der Waals surface area contributed by atoms with Crippen molar-refractivity contribution in [3.63, 3.8) is 0 Å². The zero-order chi connectivity index (χ0) is 8.74. The fraction of sp³-hybridized carbons (Fsp3) is 1.00. The number of hydrogen-bond donors (Lipinski definition) is 1. The lowest BCUT2D eigenvalue weighted by atomic mass is 10.2. The standard InChI is InChI=1S/C6H14INO2S/c7-5-3-1-2-4-6-11(8,9)10/h1-6H2,(H2,8,9,10). The largest absolute Gasteiger partial charge is 0.229 e. The van der Waals surface area contributed by atoms with Crippen LogP contribution in [0.4, 0.5) is 0 Å². The van der Waals surface area contributed by atoms with Gasteiger partial charge in [0, 0.05) is 0 Å². The predicted octanol–water partition coefficient (Wildman–Crippen LogP) is 1.27. The van der Waals surface area contributed by atoms with E-state index in [9.17, 15) is 8.42 Å². The molecular weight excluding hydrogens is 277 g/mol. The van der Waals surface area contributed by atoms with Gasteiger partial charge in [-0.2, -0.15) is 0 Å². The summed E-state index contributed by atoms with van der Waals surface area (Å²) < 4.78 is 22.0. The van der Waals surface area contributed by atoms with E-state index in [0.717, 1.165) is 17.3 Å². The van der Waals surface area contributed by atoms with Crippen LogP contribution in [0.5, 0.6) is 0 Å². The maximum atomic E-state index is 10.4. The van der Waals surface area contributed by atoms with Crippen LogP contribution in [0.15, 0.2) is 0 Å². The van der Waals surface area contributed by atoms with Gasteiger partial charge in [0.2, 0.25) is 10.0 Å². The highest BCUT2D eigenvalue weighted by molar-refractivity contribution is 14.1. The van der Waals surface area contributed by atoms with Crippen LogP contribution in [0.3, 0.4) is 0 Å². The molecule has 0 aliphatic rings. The Kier molecular flexibility index (Phi) is 6.55. The summed E-state index contributed by atoms with van der Waals surface area (Å²) >= 11 is 2.31. The molecule has 0 fully saturated rings. The van der Waals surface area contributed by atoms with Crippen LogP contribution in [0.25, 0.3) is 0 Å². The highest BCUT2D eigenvalue weighted by Gasteiger charge is 2.00. The Morgan fingerprint density at radius 3 is 2.09 bits per heavy atom. The van der Waals surface area contributed by atoms with Gasteiger partial charge >= 0.3 is 0 Å². The molecule has 0 aromatic carbocycles. The van der Waals surface area contributed by atoms with E-state index in [-0.39, 0.29) is 5.75 Å². The van der Waals surface area contributed by atoms with Gasteiger partial charge in [-0.25, -0.2) is 13.6 Å². The molecule has 0 aliphatic heterocycles. The van der Waals surface area contributed by atoms with Crippen LogP contribution < -0.4 is 5.14 Å². The van der Waals surface area contributed by atoms with E-state index in [1.54, 1.807) is 0 Å². The van der Waals surface area contributed by atoms with Crippen molar-refractivity contribution in [3.8, 4) is 0 Å². The summed E-state index contributed by atoms with van der Waals surface area (Å²) in [6.07, 6.45) is 3.96. The Hall–Kier alpha value is 0.640. The minimum atomic E-state index is -3.21. The monoisotopic (exact) mass is 291 g/mol. The molecule has 0 unspecified atom stereocenters. The maximum Gasteiger partial charge on any atom is 0.209 e. The van der Waals surface area contributed by atoms with E-state index in [1.165, 1.54) is 6.42 Å². The van der Waals surface area contributed by atoms with Crippen molar-refractivity contribution in [3.05, 3.63) is 0 Å². The summed E-state index contributed by atoms with van der Waals surface area (Å²) in [5.41, 5.74) is 0. The van der Waals surface area contributed by atoms with Gasteiger partial charge in [0.25, 0.3) is 0 Å². The van der Waals surface area contributed by atoms with Crippen LogP contribution in [0, 0.1) is 0 Å². The Labute approximate surface area is 81.9 Å². The van der Waals surface area contributed by atoms with Crippen LogP contribution in [0.1, 0.15) is 25.7 Å². The first-order valence-corrected chi connectivity index (χ1v) is 6.87. The minimum Gasteiger partial charge on any atom is -0.229 e. The van der Waals surface area contributed by atoms with E-state index in [4.69, 9.17) is 5.14 Å². The van der Waals surface area contributed by atoms with Crippen molar-refractivity contribution in [2.45, 2.75) is 25.7 Å². The molecular formula is C6H14INO2S. The molecule has 0 atom stereocenters. The van der Waals surface area contributed by atoms with Gasteiger partial charge in [-0.15, -0.1) is 0 Å². The Balaban J connectivity index is 3.16. The molecule has 0 aromatic heterocycles.